The van der Waals surface area contributed by atoms with Crippen molar-refractivity contribution in [1.29, 1.82) is 0 Å². The zero-order valence-electron chi connectivity index (χ0n) is 8.08. The van der Waals surface area contributed by atoms with E-state index in [0.29, 0.717) is 6.04 Å². The van der Waals surface area contributed by atoms with Crippen molar-refractivity contribution in [2.45, 2.75) is 25.8 Å². The highest BCUT2D eigenvalue weighted by molar-refractivity contribution is 7.71. The van der Waals surface area contributed by atoms with Crippen LogP contribution in [0.4, 0.5) is 0 Å². The lowest BCUT2D eigenvalue weighted by Crippen LogP contribution is -1.94. The molecule has 72 valence electrons. The van der Waals surface area contributed by atoms with Crippen LogP contribution in [0.15, 0.2) is 18.2 Å². The summed E-state index contributed by atoms with van der Waals surface area (Å²) in [5, 5.41) is 0. The molecule has 0 unspecified atom stereocenters. The first-order valence-corrected chi connectivity index (χ1v) is 5.38. The molecular formula is C11H12N2S. The van der Waals surface area contributed by atoms with E-state index in [1.54, 1.807) is 0 Å². The first kappa shape index (κ1) is 8.24. The van der Waals surface area contributed by atoms with Crippen molar-refractivity contribution in [3.63, 3.8) is 0 Å². The van der Waals surface area contributed by atoms with Crippen LogP contribution in [0.1, 0.15) is 24.4 Å². The summed E-state index contributed by atoms with van der Waals surface area (Å²) in [5.41, 5.74) is 3.77. The molecule has 0 amide bonds. The van der Waals surface area contributed by atoms with Gasteiger partial charge in [-0.25, -0.2) is 0 Å². The van der Waals surface area contributed by atoms with Gasteiger partial charge in [0.25, 0.3) is 0 Å². The largest absolute Gasteiger partial charge is 0.331 e. The highest BCUT2D eigenvalue weighted by Gasteiger charge is 2.26. The average molecular weight is 204 g/mol. The van der Waals surface area contributed by atoms with Crippen molar-refractivity contribution in [3.05, 3.63) is 28.5 Å². The molecule has 0 saturated heterocycles. The molecule has 14 heavy (non-hydrogen) atoms. The number of H-pyrrole nitrogens is 1. The standard InChI is InChI=1S/C11H12N2S/c1-7-3-2-4-9-10(7)13(8-5-6-8)11(14)12-9/h2-4,8H,5-6H2,1H3,(H,12,14). The third-order valence-electron chi connectivity index (χ3n) is 2.85. The fraction of sp³-hybridized carbons (Fsp3) is 0.364. The van der Waals surface area contributed by atoms with Gasteiger partial charge >= 0.3 is 0 Å². The van der Waals surface area contributed by atoms with E-state index < -0.39 is 0 Å². The fourth-order valence-electron chi connectivity index (χ4n) is 2.04. The Bertz CT molecular complexity index is 546. The molecule has 1 heterocycles. The van der Waals surface area contributed by atoms with Gasteiger partial charge in [0.15, 0.2) is 4.77 Å². The zero-order valence-corrected chi connectivity index (χ0v) is 8.90. The minimum absolute atomic E-state index is 0.650. The Balaban J connectivity index is 2.45. The van der Waals surface area contributed by atoms with Gasteiger partial charge in [-0.15, -0.1) is 0 Å². The van der Waals surface area contributed by atoms with Crippen LogP contribution >= 0.6 is 12.2 Å². The summed E-state index contributed by atoms with van der Waals surface area (Å²) in [6.07, 6.45) is 2.55. The molecule has 3 heteroatoms. The molecule has 2 nitrogen and oxygen atoms in total. The number of aromatic amines is 1. The van der Waals surface area contributed by atoms with Gasteiger partial charge in [0.05, 0.1) is 11.0 Å². The van der Waals surface area contributed by atoms with E-state index in [1.165, 1.54) is 29.4 Å². The van der Waals surface area contributed by atoms with Crippen molar-refractivity contribution < 1.29 is 0 Å². The predicted molar refractivity (Wildman–Crippen MR) is 60.1 cm³/mol. The van der Waals surface area contributed by atoms with E-state index in [2.05, 4.69) is 34.7 Å². The second kappa shape index (κ2) is 2.70. The number of aromatic nitrogens is 2. The van der Waals surface area contributed by atoms with Crippen LogP contribution in [0.25, 0.3) is 11.0 Å². The quantitative estimate of drug-likeness (QED) is 0.706. The summed E-state index contributed by atoms with van der Waals surface area (Å²) in [6.45, 7) is 2.14. The maximum atomic E-state index is 5.34. The first-order valence-electron chi connectivity index (χ1n) is 4.97. The summed E-state index contributed by atoms with van der Waals surface area (Å²) in [7, 11) is 0. The Kier molecular flexibility index (Phi) is 1.59. The number of hydrogen-bond donors (Lipinski definition) is 1. The number of nitrogens with one attached hydrogen (secondary N) is 1. The minimum atomic E-state index is 0.650. The van der Waals surface area contributed by atoms with E-state index >= 15 is 0 Å². The van der Waals surface area contributed by atoms with Crippen molar-refractivity contribution >= 4 is 23.3 Å². The van der Waals surface area contributed by atoms with Gasteiger partial charge in [-0.2, -0.15) is 0 Å². The van der Waals surface area contributed by atoms with Crippen LogP contribution < -0.4 is 0 Å². The molecule has 1 aromatic heterocycles. The molecule has 1 N–H and O–H groups in total. The topological polar surface area (TPSA) is 20.7 Å². The molecule has 2 aromatic rings. The van der Waals surface area contributed by atoms with Crippen LogP contribution in [-0.4, -0.2) is 9.55 Å². The number of aryl methyl sites for hydroxylation is 1. The number of fused-ring (bicyclic) bond motifs is 1. The molecule has 1 saturated carbocycles. The van der Waals surface area contributed by atoms with E-state index in [9.17, 15) is 0 Å². The maximum absolute atomic E-state index is 5.34. The Morgan fingerprint density at radius 3 is 2.93 bits per heavy atom. The van der Waals surface area contributed by atoms with Crippen LogP contribution in [0, 0.1) is 11.7 Å². The molecule has 0 spiro atoms. The van der Waals surface area contributed by atoms with E-state index in [1.807, 2.05) is 0 Å². The lowest BCUT2D eigenvalue weighted by Gasteiger charge is -2.03. The van der Waals surface area contributed by atoms with Crippen LogP contribution in [0.5, 0.6) is 0 Å². The van der Waals surface area contributed by atoms with Crippen molar-refractivity contribution in [2.24, 2.45) is 0 Å². The maximum Gasteiger partial charge on any atom is 0.178 e. The monoisotopic (exact) mass is 204 g/mol. The van der Waals surface area contributed by atoms with Gasteiger partial charge in [-0.1, -0.05) is 12.1 Å². The third-order valence-corrected chi connectivity index (χ3v) is 3.15. The predicted octanol–water partition coefficient (Wildman–Crippen LogP) is 3.34. The van der Waals surface area contributed by atoms with Gasteiger partial charge in [0.1, 0.15) is 0 Å². The van der Waals surface area contributed by atoms with Crippen molar-refractivity contribution in [1.82, 2.24) is 9.55 Å². The Hall–Kier alpha value is -1.09. The smallest absolute Gasteiger partial charge is 0.178 e. The molecule has 1 aliphatic rings. The Morgan fingerprint density at radius 2 is 2.21 bits per heavy atom. The number of benzene rings is 1. The molecule has 3 rings (SSSR count). The Morgan fingerprint density at radius 1 is 1.43 bits per heavy atom. The number of nitrogens with zero attached hydrogens (tertiary/aromatic N) is 1. The van der Waals surface area contributed by atoms with Gasteiger partial charge < -0.3 is 9.55 Å². The van der Waals surface area contributed by atoms with Crippen molar-refractivity contribution in [2.75, 3.05) is 0 Å². The van der Waals surface area contributed by atoms with Crippen LogP contribution in [0.2, 0.25) is 0 Å². The zero-order chi connectivity index (χ0) is 9.71. The molecule has 1 fully saturated rings. The van der Waals surface area contributed by atoms with Gasteiger partial charge in [-0.05, 0) is 43.6 Å². The minimum Gasteiger partial charge on any atom is -0.331 e. The second-order valence-electron chi connectivity index (χ2n) is 4.00. The average Bonchev–Trinajstić information content (AvgIpc) is 2.90. The summed E-state index contributed by atoms with van der Waals surface area (Å²) < 4.78 is 3.15. The lowest BCUT2D eigenvalue weighted by atomic mass is 10.2. The molecule has 0 radical (unpaired) electrons. The van der Waals surface area contributed by atoms with Gasteiger partial charge in [0.2, 0.25) is 0 Å². The van der Waals surface area contributed by atoms with E-state index in [-0.39, 0.29) is 0 Å². The number of rotatable bonds is 1. The fourth-order valence-corrected chi connectivity index (χ4v) is 2.39. The summed E-state index contributed by atoms with van der Waals surface area (Å²) in [5.74, 6) is 0. The van der Waals surface area contributed by atoms with Gasteiger partial charge in [-0.3, -0.25) is 0 Å². The Labute approximate surface area is 87.6 Å². The van der Waals surface area contributed by atoms with Crippen LogP contribution in [-0.2, 0) is 0 Å². The molecular weight excluding hydrogens is 192 g/mol. The van der Waals surface area contributed by atoms with Gasteiger partial charge in [0, 0.05) is 6.04 Å². The highest BCUT2D eigenvalue weighted by Crippen LogP contribution is 2.38. The highest BCUT2D eigenvalue weighted by atomic mass is 32.1. The number of hydrogen-bond acceptors (Lipinski definition) is 1. The molecule has 1 aliphatic carbocycles. The second-order valence-corrected chi connectivity index (χ2v) is 4.39. The van der Waals surface area contributed by atoms with E-state index in [4.69, 9.17) is 12.2 Å². The molecule has 0 aliphatic heterocycles. The first-order chi connectivity index (χ1) is 6.77. The normalized spacial score (nSPS) is 16.4. The SMILES string of the molecule is Cc1cccc2[nH]c(=S)n(C3CC3)c12. The molecule has 1 aromatic carbocycles. The van der Waals surface area contributed by atoms with Crippen LogP contribution in [0.3, 0.4) is 0 Å². The third kappa shape index (κ3) is 1.05. The molecule has 0 atom stereocenters. The summed E-state index contributed by atoms with van der Waals surface area (Å²) in [4.78, 5) is 3.27. The number of para-hydroxylation sites is 1. The number of imidazole rings is 1. The summed E-state index contributed by atoms with van der Waals surface area (Å²) >= 11 is 5.34. The van der Waals surface area contributed by atoms with E-state index in [0.717, 1.165) is 4.77 Å². The lowest BCUT2D eigenvalue weighted by molar-refractivity contribution is 0.752. The summed E-state index contributed by atoms with van der Waals surface area (Å²) in [6, 6.07) is 6.96. The molecule has 0 bridgehead atoms. The van der Waals surface area contributed by atoms with Crippen molar-refractivity contribution in [3.8, 4) is 0 Å².